The Morgan fingerprint density at radius 2 is 1.22 bits per heavy atom. The summed E-state index contributed by atoms with van der Waals surface area (Å²) in [6, 6.07) is 37.2. The number of anilines is 3. The first kappa shape index (κ1) is 20.1. The minimum absolute atomic E-state index is 0.0830. The highest BCUT2D eigenvalue weighted by Crippen LogP contribution is 2.54. The van der Waals surface area contributed by atoms with E-state index < -0.39 is 0 Å². The van der Waals surface area contributed by atoms with Crippen molar-refractivity contribution in [2.45, 2.75) is 19.3 Å². The van der Waals surface area contributed by atoms with Crippen molar-refractivity contribution >= 4 is 70.5 Å². The van der Waals surface area contributed by atoms with E-state index in [-0.39, 0.29) is 5.41 Å². The SMILES string of the molecule is CC1(C)c2ccccc2N(c2cccc3sc4ccc5c6ccccc6oc5c4c23)c2ccccc21. The number of benzene rings is 5. The van der Waals surface area contributed by atoms with Crippen LogP contribution in [0.4, 0.5) is 17.1 Å². The molecule has 36 heavy (non-hydrogen) atoms. The van der Waals surface area contributed by atoms with Gasteiger partial charge in [0.2, 0.25) is 0 Å². The van der Waals surface area contributed by atoms with Crippen LogP contribution in [0, 0.1) is 0 Å². The molecule has 0 spiro atoms. The van der Waals surface area contributed by atoms with Crippen LogP contribution in [0.1, 0.15) is 25.0 Å². The zero-order valence-electron chi connectivity index (χ0n) is 20.1. The van der Waals surface area contributed by atoms with Gasteiger partial charge in [-0.1, -0.05) is 74.5 Å². The summed E-state index contributed by atoms with van der Waals surface area (Å²) >= 11 is 1.84. The van der Waals surface area contributed by atoms with E-state index >= 15 is 0 Å². The van der Waals surface area contributed by atoms with Gasteiger partial charge in [0.15, 0.2) is 0 Å². The fourth-order valence-electron chi connectivity index (χ4n) is 6.18. The molecule has 0 N–H and O–H groups in total. The highest BCUT2D eigenvalue weighted by atomic mass is 32.1. The Balaban J connectivity index is 1.53. The highest BCUT2D eigenvalue weighted by molar-refractivity contribution is 7.26. The van der Waals surface area contributed by atoms with Crippen LogP contribution in [-0.2, 0) is 5.41 Å². The predicted octanol–water partition coefficient (Wildman–Crippen LogP) is 10.1. The molecule has 0 radical (unpaired) electrons. The minimum Gasteiger partial charge on any atom is -0.455 e. The summed E-state index contributed by atoms with van der Waals surface area (Å²) in [6.07, 6.45) is 0. The molecule has 3 heteroatoms. The maximum Gasteiger partial charge on any atom is 0.144 e. The third-order valence-corrected chi connectivity index (χ3v) is 8.98. The predicted molar refractivity (Wildman–Crippen MR) is 153 cm³/mol. The second-order valence-corrected chi connectivity index (χ2v) is 11.2. The molecule has 1 aliphatic heterocycles. The molecule has 2 nitrogen and oxygen atoms in total. The number of furan rings is 1. The molecule has 0 amide bonds. The molecule has 3 heterocycles. The quantitative estimate of drug-likeness (QED) is 0.232. The molecular weight excluding hydrogens is 458 g/mol. The van der Waals surface area contributed by atoms with Gasteiger partial charge in [0, 0.05) is 36.4 Å². The van der Waals surface area contributed by atoms with E-state index in [1.54, 1.807) is 0 Å². The van der Waals surface area contributed by atoms with E-state index in [9.17, 15) is 0 Å². The van der Waals surface area contributed by atoms with Crippen molar-refractivity contribution < 1.29 is 4.42 Å². The molecule has 5 aromatic carbocycles. The van der Waals surface area contributed by atoms with Crippen LogP contribution in [0.15, 0.2) is 108 Å². The lowest BCUT2D eigenvalue weighted by Crippen LogP contribution is -2.30. The summed E-state index contributed by atoms with van der Waals surface area (Å²) in [6.45, 7) is 4.67. The summed E-state index contributed by atoms with van der Waals surface area (Å²) in [5.41, 5.74) is 8.19. The van der Waals surface area contributed by atoms with Gasteiger partial charge in [-0.3, -0.25) is 0 Å². The van der Waals surface area contributed by atoms with Crippen molar-refractivity contribution in [2.24, 2.45) is 0 Å². The average molecular weight is 482 g/mol. The van der Waals surface area contributed by atoms with Crippen molar-refractivity contribution in [1.82, 2.24) is 0 Å². The van der Waals surface area contributed by atoms with Crippen LogP contribution < -0.4 is 4.90 Å². The minimum atomic E-state index is -0.0830. The van der Waals surface area contributed by atoms with Gasteiger partial charge in [0.25, 0.3) is 0 Å². The summed E-state index contributed by atoms with van der Waals surface area (Å²) < 4.78 is 9.06. The average Bonchev–Trinajstić information content (AvgIpc) is 3.47. The molecule has 172 valence electrons. The Morgan fingerprint density at radius 3 is 2.00 bits per heavy atom. The van der Waals surface area contributed by atoms with Gasteiger partial charge in [-0.25, -0.2) is 0 Å². The highest BCUT2D eigenvalue weighted by Gasteiger charge is 2.37. The normalized spacial score (nSPS) is 14.6. The number of nitrogens with zero attached hydrogens (tertiary/aromatic N) is 1. The number of para-hydroxylation sites is 3. The number of fused-ring (bicyclic) bond motifs is 9. The molecule has 0 bridgehead atoms. The molecule has 0 fully saturated rings. The van der Waals surface area contributed by atoms with E-state index in [0.717, 1.165) is 11.2 Å². The summed E-state index contributed by atoms with van der Waals surface area (Å²) in [7, 11) is 0. The van der Waals surface area contributed by atoms with Crippen LogP contribution >= 0.6 is 11.3 Å². The maximum absolute atomic E-state index is 6.53. The number of hydrogen-bond acceptors (Lipinski definition) is 3. The van der Waals surface area contributed by atoms with Gasteiger partial charge in [-0.15, -0.1) is 11.3 Å². The monoisotopic (exact) mass is 481 g/mol. The van der Waals surface area contributed by atoms with E-state index in [4.69, 9.17) is 4.42 Å². The van der Waals surface area contributed by atoms with E-state index in [1.807, 2.05) is 17.4 Å². The van der Waals surface area contributed by atoms with Crippen LogP contribution in [0.25, 0.3) is 42.1 Å². The Labute approximate surface area is 213 Å². The van der Waals surface area contributed by atoms with Gasteiger partial charge >= 0.3 is 0 Å². The first-order valence-corrected chi connectivity index (χ1v) is 13.2. The van der Waals surface area contributed by atoms with Gasteiger partial charge in [-0.05, 0) is 53.6 Å². The van der Waals surface area contributed by atoms with E-state index in [2.05, 4.69) is 116 Å². The Hall–Kier alpha value is -4.08. The number of hydrogen-bond donors (Lipinski definition) is 0. The van der Waals surface area contributed by atoms with Gasteiger partial charge in [0.05, 0.1) is 17.1 Å². The van der Waals surface area contributed by atoms with E-state index in [0.29, 0.717) is 0 Å². The second-order valence-electron chi connectivity index (χ2n) is 10.2. The van der Waals surface area contributed by atoms with Gasteiger partial charge in [-0.2, -0.15) is 0 Å². The topological polar surface area (TPSA) is 16.4 Å². The third-order valence-electron chi connectivity index (χ3n) is 7.86. The fraction of sp³-hybridized carbons (Fsp3) is 0.0909. The Morgan fingerprint density at radius 1 is 0.583 bits per heavy atom. The standard InChI is InChI=1S/C33H23NOS/c1-33(2)22-11-4-6-13-24(22)34(25-14-7-5-12-23(25)33)26-15-9-17-28-30(26)31-29(36-28)19-18-21-20-10-3-8-16-27(20)35-32(21)31/h3-19H,1-2H3. The molecule has 0 saturated carbocycles. The molecule has 1 aliphatic rings. The van der Waals surface area contributed by atoms with Crippen LogP contribution in [-0.4, -0.2) is 0 Å². The second kappa shape index (κ2) is 6.99. The molecule has 0 saturated heterocycles. The lowest BCUT2D eigenvalue weighted by atomic mass is 9.73. The van der Waals surface area contributed by atoms with Crippen molar-refractivity contribution in [1.29, 1.82) is 0 Å². The van der Waals surface area contributed by atoms with Crippen LogP contribution in [0.2, 0.25) is 0 Å². The third kappa shape index (κ3) is 2.51. The Bertz CT molecular complexity index is 1940. The van der Waals surface area contributed by atoms with Crippen molar-refractivity contribution in [3.63, 3.8) is 0 Å². The molecule has 0 aliphatic carbocycles. The molecular formula is C33H23NOS. The molecule has 0 unspecified atom stereocenters. The van der Waals surface area contributed by atoms with Crippen LogP contribution in [0.3, 0.4) is 0 Å². The fourth-order valence-corrected chi connectivity index (χ4v) is 7.31. The molecule has 7 aromatic rings. The number of thiophene rings is 1. The van der Waals surface area contributed by atoms with E-state index in [1.165, 1.54) is 59.1 Å². The van der Waals surface area contributed by atoms with Gasteiger partial charge < -0.3 is 9.32 Å². The van der Waals surface area contributed by atoms with Crippen molar-refractivity contribution in [3.8, 4) is 0 Å². The zero-order chi connectivity index (χ0) is 24.0. The van der Waals surface area contributed by atoms with Gasteiger partial charge in [0.1, 0.15) is 11.2 Å². The lowest BCUT2D eigenvalue weighted by molar-refractivity contribution is 0.632. The smallest absolute Gasteiger partial charge is 0.144 e. The lowest BCUT2D eigenvalue weighted by Gasteiger charge is -2.42. The summed E-state index contributed by atoms with van der Waals surface area (Å²) in [5.74, 6) is 0. The molecule has 0 atom stereocenters. The van der Waals surface area contributed by atoms with Crippen LogP contribution in [0.5, 0.6) is 0 Å². The number of rotatable bonds is 1. The first-order valence-electron chi connectivity index (χ1n) is 12.4. The molecule has 8 rings (SSSR count). The van der Waals surface area contributed by atoms with Crippen molar-refractivity contribution in [2.75, 3.05) is 4.90 Å². The zero-order valence-corrected chi connectivity index (χ0v) is 20.9. The Kier molecular flexibility index (Phi) is 3.91. The summed E-state index contributed by atoms with van der Waals surface area (Å²) in [5, 5.41) is 4.81. The maximum atomic E-state index is 6.53. The molecule has 2 aromatic heterocycles. The first-order chi connectivity index (χ1) is 17.6. The largest absolute Gasteiger partial charge is 0.455 e. The van der Waals surface area contributed by atoms with Crippen molar-refractivity contribution in [3.05, 3.63) is 114 Å². The summed E-state index contributed by atoms with van der Waals surface area (Å²) in [4.78, 5) is 2.46.